The maximum atomic E-state index is 10.5. The molecule has 3 nitrogen and oxygen atoms in total. The molecule has 1 aromatic carbocycles. The molecule has 0 aliphatic rings. The van der Waals surface area contributed by atoms with E-state index in [1.807, 2.05) is 30.3 Å². The Labute approximate surface area is 89.7 Å². The zero-order chi connectivity index (χ0) is 11.1. The van der Waals surface area contributed by atoms with E-state index in [4.69, 9.17) is 4.74 Å². The van der Waals surface area contributed by atoms with Crippen LogP contribution in [0.25, 0.3) is 0 Å². The zero-order valence-corrected chi connectivity index (χ0v) is 8.85. The molecule has 0 spiro atoms. The van der Waals surface area contributed by atoms with Crippen molar-refractivity contribution in [3.05, 3.63) is 35.9 Å². The predicted molar refractivity (Wildman–Crippen MR) is 57.4 cm³/mol. The molecule has 3 heteroatoms. The van der Waals surface area contributed by atoms with Gasteiger partial charge in [0.05, 0.1) is 12.7 Å². The van der Waals surface area contributed by atoms with Crippen LogP contribution in [-0.4, -0.2) is 23.8 Å². The van der Waals surface area contributed by atoms with E-state index in [9.17, 15) is 9.90 Å². The highest BCUT2D eigenvalue weighted by Crippen LogP contribution is 2.05. The van der Waals surface area contributed by atoms with E-state index in [2.05, 4.69) is 0 Å². The van der Waals surface area contributed by atoms with Gasteiger partial charge in [-0.1, -0.05) is 30.3 Å². The largest absolute Gasteiger partial charge is 0.466 e. The van der Waals surface area contributed by atoms with E-state index in [0.717, 1.165) is 5.56 Å². The number of aliphatic hydroxyl groups excluding tert-OH is 1. The lowest BCUT2D eigenvalue weighted by Gasteiger charge is -2.10. The summed E-state index contributed by atoms with van der Waals surface area (Å²) in [6.45, 7) is 1.65. The van der Waals surface area contributed by atoms with Gasteiger partial charge in [0.15, 0.2) is 0 Å². The minimum absolute atomic E-state index is 0.281. The van der Waals surface area contributed by atoms with Crippen LogP contribution in [0.2, 0.25) is 0 Å². The summed E-state index contributed by atoms with van der Waals surface area (Å²) in [5.41, 5.74) is 1.09. The van der Waals surface area contributed by atoms with Gasteiger partial charge < -0.3 is 9.84 Å². The molecular weight excluding hydrogens is 192 g/mol. The van der Waals surface area contributed by atoms with Crippen molar-refractivity contribution in [2.75, 3.05) is 6.61 Å². The van der Waals surface area contributed by atoms with Gasteiger partial charge in [0.25, 0.3) is 0 Å². The topological polar surface area (TPSA) is 46.5 Å². The number of carbonyl (C=O) groups is 1. The Morgan fingerprint density at radius 2 is 2.07 bits per heavy atom. The van der Waals surface area contributed by atoms with Crippen molar-refractivity contribution in [2.45, 2.75) is 25.9 Å². The van der Waals surface area contributed by atoms with Crippen LogP contribution in [0.4, 0.5) is 0 Å². The van der Waals surface area contributed by atoms with Crippen molar-refractivity contribution in [2.24, 2.45) is 0 Å². The summed E-state index contributed by atoms with van der Waals surface area (Å²) in [6, 6.07) is 9.75. The molecule has 1 aromatic rings. The van der Waals surface area contributed by atoms with E-state index in [-0.39, 0.29) is 12.6 Å². The first kappa shape index (κ1) is 11.7. The molecule has 1 N–H and O–H groups in total. The second kappa shape index (κ2) is 6.19. The van der Waals surface area contributed by atoms with Gasteiger partial charge in [-0.15, -0.1) is 0 Å². The third-order valence-corrected chi connectivity index (χ3v) is 2.07. The molecule has 0 aromatic heterocycles. The van der Waals surface area contributed by atoms with E-state index in [1.165, 1.54) is 6.92 Å². The summed E-state index contributed by atoms with van der Waals surface area (Å²) in [4.78, 5) is 10.5. The van der Waals surface area contributed by atoms with E-state index < -0.39 is 6.10 Å². The monoisotopic (exact) mass is 208 g/mol. The van der Waals surface area contributed by atoms with Gasteiger partial charge in [-0.3, -0.25) is 4.79 Å². The molecule has 0 fully saturated rings. The molecule has 0 unspecified atom stereocenters. The van der Waals surface area contributed by atoms with Gasteiger partial charge in [0.2, 0.25) is 0 Å². The van der Waals surface area contributed by atoms with Crippen LogP contribution in [0.15, 0.2) is 30.3 Å². The first-order valence-electron chi connectivity index (χ1n) is 5.04. The Balaban J connectivity index is 2.24. The van der Waals surface area contributed by atoms with Gasteiger partial charge in [-0.05, 0) is 12.0 Å². The number of ether oxygens (including phenoxy) is 1. The van der Waals surface area contributed by atoms with Crippen molar-refractivity contribution in [1.82, 2.24) is 0 Å². The molecule has 1 atom stereocenters. The standard InChI is InChI=1S/C12H16O3/c1-10(13)15-8-7-12(14)9-11-5-3-2-4-6-11/h2-6,12,14H,7-9H2,1H3/t12-/m0/s1. The fourth-order valence-corrected chi connectivity index (χ4v) is 1.33. The highest BCUT2D eigenvalue weighted by Gasteiger charge is 2.05. The number of carbonyl (C=O) groups excluding carboxylic acids is 1. The first-order valence-corrected chi connectivity index (χ1v) is 5.04. The minimum Gasteiger partial charge on any atom is -0.466 e. The van der Waals surface area contributed by atoms with Crippen molar-refractivity contribution < 1.29 is 14.6 Å². The Hall–Kier alpha value is -1.35. The van der Waals surface area contributed by atoms with E-state index in [1.54, 1.807) is 0 Å². The number of hydrogen-bond acceptors (Lipinski definition) is 3. The molecule has 0 radical (unpaired) electrons. The van der Waals surface area contributed by atoms with E-state index >= 15 is 0 Å². The van der Waals surface area contributed by atoms with Crippen LogP contribution < -0.4 is 0 Å². The number of rotatable bonds is 5. The second-order valence-electron chi connectivity index (χ2n) is 3.47. The van der Waals surface area contributed by atoms with Crippen molar-refractivity contribution in [1.29, 1.82) is 0 Å². The lowest BCUT2D eigenvalue weighted by Crippen LogP contribution is -2.14. The highest BCUT2D eigenvalue weighted by molar-refractivity contribution is 5.65. The fourth-order valence-electron chi connectivity index (χ4n) is 1.33. The lowest BCUT2D eigenvalue weighted by molar-refractivity contribution is -0.141. The summed E-state index contributed by atoms with van der Waals surface area (Å²) >= 11 is 0. The minimum atomic E-state index is -0.452. The Morgan fingerprint density at radius 3 is 2.67 bits per heavy atom. The molecule has 0 heterocycles. The van der Waals surface area contributed by atoms with Crippen LogP contribution in [0, 0.1) is 0 Å². The zero-order valence-electron chi connectivity index (χ0n) is 8.85. The Bertz CT molecular complexity index is 295. The molecule has 0 bridgehead atoms. The van der Waals surface area contributed by atoms with E-state index in [0.29, 0.717) is 12.8 Å². The SMILES string of the molecule is CC(=O)OCC[C@H](O)Cc1ccccc1. The van der Waals surface area contributed by atoms with Gasteiger partial charge in [0, 0.05) is 13.3 Å². The Kier molecular flexibility index (Phi) is 4.84. The smallest absolute Gasteiger partial charge is 0.302 e. The predicted octanol–water partition coefficient (Wildman–Crippen LogP) is 1.54. The normalized spacial score (nSPS) is 12.1. The third kappa shape index (κ3) is 5.18. The number of esters is 1. The van der Waals surface area contributed by atoms with Gasteiger partial charge in [0.1, 0.15) is 0 Å². The number of benzene rings is 1. The molecule has 1 rings (SSSR count). The fraction of sp³-hybridized carbons (Fsp3) is 0.417. The third-order valence-electron chi connectivity index (χ3n) is 2.07. The van der Waals surface area contributed by atoms with Crippen LogP contribution in [-0.2, 0) is 16.0 Å². The molecule has 15 heavy (non-hydrogen) atoms. The number of hydrogen-bond donors (Lipinski definition) is 1. The molecule has 0 aliphatic heterocycles. The summed E-state index contributed by atoms with van der Waals surface area (Å²) < 4.78 is 4.75. The van der Waals surface area contributed by atoms with Crippen LogP contribution in [0.3, 0.4) is 0 Å². The molecule has 0 aliphatic carbocycles. The number of aliphatic hydroxyl groups is 1. The maximum absolute atomic E-state index is 10.5. The van der Waals surface area contributed by atoms with Gasteiger partial charge in [-0.2, -0.15) is 0 Å². The molecule has 0 saturated heterocycles. The van der Waals surface area contributed by atoms with Gasteiger partial charge >= 0.3 is 5.97 Å². The molecule has 0 amide bonds. The summed E-state index contributed by atoms with van der Waals surface area (Å²) in [7, 11) is 0. The molecule has 0 saturated carbocycles. The average Bonchev–Trinajstić information content (AvgIpc) is 2.18. The summed E-state index contributed by atoms with van der Waals surface area (Å²) in [5, 5.41) is 9.62. The maximum Gasteiger partial charge on any atom is 0.302 e. The van der Waals surface area contributed by atoms with Crippen LogP contribution in [0.5, 0.6) is 0 Å². The second-order valence-corrected chi connectivity index (χ2v) is 3.47. The lowest BCUT2D eigenvalue weighted by atomic mass is 10.1. The molecular formula is C12H16O3. The van der Waals surface area contributed by atoms with Crippen LogP contribution in [0.1, 0.15) is 18.9 Å². The summed E-state index contributed by atoms with van der Waals surface area (Å²) in [5.74, 6) is -0.304. The quantitative estimate of drug-likeness (QED) is 0.747. The summed E-state index contributed by atoms with van der Waals surface area (Å²) in [6.07, 6.45) is 0.628. The Morgan fingerprint density at radius 1 is 1.40 bits per heavy atom. The van der Waals surface area contributed by atoms with Crippen molar-refractivity contribution in [3.63, 3.8) is 0 Å². The van der Waals surface area contributed by atoms with Gasteiger partial charge in [-0.25, -0.2) is 0 Å². The van der Waals surface area contributed by atoms with Crippen molar-refractivity contribution in [3.8, 4) is 0 Å². The highest BCUT2D eigenvalue weighted by atomic mass is 16.5. The van der Waals surface area contributed by atoms with Crippen LogP contribution >= 0.6 is 0 Å². The molecule has 82 valence electrons. The average molecular weight is 208 g/mol. The van der Waals surface area contributed by atoms with Crippen molar-refractivity contribution >= 4 is 5.97 Å². The first-order chi connectivity index (χ1) is 7.18.